The summed E-state index contributed by atoms with van der Waals surface area (Å²) in [6, 6.07) is 23.5. The van der Waals surface area contributed by atoms with Crippen LogP contribution < -0.4 is 5.32 Å². The van der Waals surface area contributed by atoms with Crippen molar-refractivity contribution in [2.45, 2.75) is 13.1 Å². The van der Waals surface area contributed by atoms with Gasteiger partial charge in [0.15, 0.2) is 0 Å². The zero-order valence-corrected chi connectivity index (χ0v) is 17.6. The van der Waals surface area contributed by atoms with Gasteiger partial charge in [-0.1, -0.05) is 48.5 Å². The van der Waals surface area contributed by atoms with Crippen LogP contribution in [0.25, 0.3) is 11.3 Å². The summed E-state index contributed by atoms with van der Waals surface area (Å²) in [6.45, 7) is 0.493. The molecule has 1 aliphatic rings. The van der Waals surface area contributed by atoms with Gasteiger partial charge < -0.3 is 5.32 Å². The Bertz CT molecular complexity index is 1310. The van der Waals surface area contributed by atoms with Crippen LogP contribution in [0, 0.1) is 0 Å². The smallest absolute Gasteiger partial charge is 0.261 e. The zero-order valence-electron chi connectivity index (χ0n) is 17.6. The minimum atomic E-state index is -0.316. The number of carbonyl (C=O) groups is 3. The highest BCUT2D eigenvalue weighted by Gasteiger charge is 2.34. The zero-order chi connectivity index (χ0) is 22.8. The molecule has 33 heavy (non-hydrogen) atoms. The first-order valence-electron chi connectivity index (χ1n) is 10.5. The number of hydrogen-bond donors (Lipinski definition) is 2. The predicted molar refractivity (Wildman–Crippen MR) is 122 cm³/mol. The van der Waals surface area contributed by atoms with Crippen molar-refractivity contribution in [3.63, 3.8) is 0 Å². The minimum Gasteiger partial charge on any atom is -0.348 e. The Balaban J connectivity index is 1.23. The summed E-state index contributed by atoms with van der Waals surface area (Å²) in [4.78, 5) is 39.1. The molecule has 7 nitrogen and oxygen atoms in total. The van der Waals surface area contributed by atoms with Gasteiger partial charge in [-0.25, -0.2) is 0 Å². The largest absolute Gasteiger partial charge is 0.348 e. The SMILES string of the molecule is O=C(NCc1ccc(-c2ccn[nH]2)cc1)c1cccc(CN2C(=O)c3ccccc3C2=O)c1. The number of amides is 3. The number of carbonyl (C=O) groups excluding carboxylic acids is 3. The molecule has 0 bridgehead atoms. The van der Waals surface area contributed by atoms with Gasteiger partial charge in [-0.15, -0.1) is 0 Å². The average molecular weight is 436 g/mol. The van der Waals surface area contributed by atoms with Crippen LogP contribution >= 0.6 is 0 Å². The van der Waals surface area contributed by atoms with E-state index in [1.165, 1.54) is 4.90 Å². The van der Waals surface area contributed by atoms with Gasteiger partial charge in [-0.05, 0) is 47.0 Å². The van der Waals surface area contributed by atoms with E-state index < -0.39 is 0 Å². The standard InChI is InChI=1S/C26H20N4O3/c31-24(27-15-17-8-10-19(11-9-17)23-12-13-28-29-23)20-5-3-4-18(14-20)16-30-25(32)21-6-1-2-7-22(21)26(30)33/h1-14H,15-16H2,(H,27,31)(H,28,29). The van der Waals surface area contributed by atoms with E-state index in [0.29, 0.717) is 28.8 Å². The molecule has 3 aromatic carbocycles. The predicted octanol–water partition coefficient (Wildman–Crippen LogP) is 3.80. The summed E-state index contributed by atoms with van der Waals surface area (Å²) >= 11 is 0. The summed E-state index contributed by atoms with van der Waals surface area (Å²) in [7, 11) is 0. The fourth-order valence-corrected chi connectivity index (χ4v) is 3.88. The molecule has 0 radical (unpaired) electrons. The molecule has 0 atom stereocenters. The van der Waals surface area contributed by atoms with Crippen molar-refractivity contribution in [2.24, 2.45) is 0 Å². The van der Waals surface area contributed by atoms with Gasteiger partial charge in [0.1, 0.15) is 0 Å². The fraction of sp³-hybridized carbons (Fsp3) is 0.0769. The second-order valence-corrected chi connectivity index (χ2v) is 7.79. The Morgan fingerprint density at radius 3 is 2.24 bits per heavy atom. The van der Waals surface area contributed by atoms with Crippen LogP contribution in [0.2, 0.25) is 0 Å². The number of nitrogens with one attached hydrogen (secondary N) is 2. The van der Waals surface area contributed by atoms with Gasteiger partial charge in [0, 0.05) is 18.3 Å². The molecule has 1 aliphatic heterocycles. The Kier molecular flexibility index (Phi) is 5.28. The highest BCUT2D eigenvalue weighted by atomic mass is 16.2. The summed E-state index contributed by atoms with van der Waals surface area (Å²) in [5.74, 6) is -0.857. The molecule has 0 aliphatic carbocycles. The summed E-state index contributed by atoms with van der Waals surface area (Å²) in [5, 5.41) is 9.79. The van der Waals surface area contributed by atoms with Gasteiger partial charge in [-0.3, -0.25) is 24.4 Å². The second kappa shape index (κ2) is 8.55. The van der Waals surface area contributed by atoms with Crippen molar-refractivity contribution in [3.05, 3.63) is 113 Å². The van der Waals surface area contributed by atoms with Crippen molar-refractivity contribution in [1.82, 2.24) is 20.4 Å². The number of benzene rings is 3. The van der Waals surface area contributed by atoms with Crippen molar-refractivity contribution in [1.29, 1.82) is 0 Å². The first-order chi connectivity index (χ1) is 16.1. The number of imide groups is 1. The lowest BCUT2D eigenvalue weighted by atomic mass is 10.1. The summed E-state index contributed by atoms with van der Waals surface area (Å²) in [5.41, 5.74) is 4.92. The first-order valence-corrected chi connectivity index (χ1v) is 10.5. The maximum Gasteiger partial charge on any atom is 0.261 e. The molecule has 0 fully saturated rings. The molecule has 7 heteroatoms. The molecule has 2 heterocycles. The Hall–Kier alpha value is -4.52. The van der Waals surface area contributed by atoms with Crippen LogP contribution in [0.4, 0.5) is 0 Å². The van der Waals surface area contributed by atoms with Crippen molar-refractivity contribution in [3.8, 4) is 11.3 Å². The van der Waals surface area contributed by atoms with Gasteiger partial charge in [0.2, 0.25) is 0 Å². The number of aromatic amines is 1. The van der Waals surface area contributed by atoms with Crippen molar-refractivity contribution < 1.29 is 14.4 Å². The van der Waals surface area contributed by atoms with E-state index in [2.05, 4.69) is 15.5 Å². The van der Waals surface area contributed by atoms with Gasteiger partial charge >= 0.3 is 0 Å². The van der Waals surface area contributed by atoms with Crippen LogP contribution in [0.3, 0.4) is 0 Å². The monoisotopic (exact) mass is 436 g/mol. The van der Waals surface area contributed by atoms with Crippen LogP contribution in [0.5, 0.6) is 0 Å². The van der Waals surface area contributed by atoms with E-state index in [4.69, 9.17) is 0 Å². The topological polar surface area (TPSA) is 95.2 Å². The maximum atomic E-state index is 12.7. The lowest BCUT2D eigenvalue weighted by molar-refractivity contribution is 0.0642. The number of aromatic nitrogens is 2. The molecule has 0 saturated carbocycles. The molecular weight excluding hydrogens is 416 g/mol. The third kappa shape index (κ3) is 4.04. The molecule has 0 unspecified atom stereocenters. The first kappa shape index (κ1) is 20.4. The highest BCUT2D eigenvalue weighted by Crippen LogP contribution is 2.24. The molecule has 0 saturated heterocycles. The molecular formula is C26H20N4O3. The van der Waals surface area contributed by atoms with Crippen LogP contribution in [-0.4, -0.2) is 32.8 Å². The highest BCUT2D eigenvalue weighted by molar-refractivity contribution is 6.21. The van der Waals surface area contributed by atoms with Crippen molar-refractivity contribution >= 4 is 17.7 Å². The normalized spacial score (nSPS) is 12.7. The molecule has 2 N–H and O–H groups in total. The Morgan fingerprint density at radius 2 is 1.58 bits per heavy atom. The number of nitrogens with zero attached hydrogens (tertiary/aromatic N) is 2. The number of fused-ring (bicyclic) bond motifs is 1. The Labute approximate surface area is 190 Å². The quantitative estimate of drug-likeness (QED) is 0.450. The van der Waals surface area contributed by atoms with E-state index in [0.717, 1.165) is 16.8 Å². The van der Waals surface area contributed by atoms with Crippen molar-refractivity contribution in [2.75, 3.05) is 0 Å². The third-order valence-corrected chi connectivity index (χ3v) is 5.63. The van der Waals surface area contributed by atoms with E-state index >= 15 is 0 Å². The van der Waals surface area contributed by atoms with E-state index in [1.807, 2.05) is 30.3 Å². The minimum absolute atomic E-state index is 0.114. The Morgan fingerprint density at radius 1 is 0.848 bits per heavy atom. The molecule has 4 aromatic rings. The lowest BCUT2D eigenvalue weighted by Gasteiger charge is -2.14. The second-order valence-electron chi connectivity index (χ2n) is 7.79. The summed E-state index contributed by atoms with van der Waals surface area (Å²) < 4.78 is 0. The number of rotatable bonds is 6. The van der Waals surface area contributed by atoms with E-state index in [-0.39, 0.29) is 24.3 Å². The van der Waals surface area contributed by atoms with E-state index in [1.54, 1.807) is 54.7 Å². The molecule has 162 valence electrons. The fourth-order valence-electron chi connectivity index (χ4n) is 3.88. The van der Waals surface area contributed by atoms with Crippen LogP contribution in [0.15, 0.2) is 85.1 Å². The average Bonchev–Trinajstić information content (AvgIpc) is 3.47. The van der Waals surface area contributed by atoms with Crippen LogP contribution in [0.1, 0.15) is 42.2 Å². The third-order valence-electron chi connectivity index (χ3n) is 5.63. The molecule has 0 spiro atoms. The number of H-pyrrole nitrogens is 1. The van der Waals surface area contributed by atoms with Gasteiger partial charge in [0.25, 0.3) is 17.7 Å². The molecule has 5 rings (SSSR count). The molecule has 3 amide bonds. The maximum absolute atomic E-state index is 12.7. The lowest BCUT2D eigenvalue weighted by Crippen LogP contribution is -2.29. The number of hydrogen-bond acceptors (Lipinski definition) is 4. The molecule has 1 aromatic heterocycles. The van der Waals surface area contributed by atoms with E-state index in [9.17, 15) is 14.4 Å². The van der Waals surface area contributed by atoms with Gasteiger partial charge in [0.05, 0.1) is 23.4 Å². The van der Waals surface area contributed by atoms with Gasteiger partial charge in [-0.2, -0.15) is 5.10 Å². The van der Waals surface area contributed by atoms with Crippen LogP contribution in [-0.2, 0) is 13.1 Å². The summed E-state index contributed by atoms with van der Waals surface area (Å²) in [6.07, 6.45) is 1.70.